The summed E-state index contributed by atoms with van der Waals surface area (Å²) in [6.45, 7) is 4.54. The first-order valence-electron chi connectivity index (χ1n) is 7.75. The molecule has 0 saturated heterocycles. The number of hydrogen-bond acceptors (Lipinski definition) is 4. The minimum atomic E-state index is 0.623. The smallest absolute Gasteiger partial charge is 0.120 e. The van der Waals surface area contributed by atoms with E-state index < -0.39 is 0 Å². The van der Waals surface area contributed by atoms with E-state index in [4.69, 9.17) is 16.3 Å². The molecule has 0 amide bonds. The third kappa shape index (κ3) is 3.66. The van der Waals surface area contributed by atoms with Crippen molar-refractivity contribution >= 4 is 34.4 Å². The van der Waals surface area contributed by atoms with Gasteiger partial charge in [0.2, 0.25) is 0 Å². The van der Waals surface area contributed by atoms with Crippen LogP contribution in [0.3, 0.4) is 0 Å². The summed E-state index contributed by atoms with van der Waals surface area (Å²) in [6.07, 6.45) is 1.70. The molecule has 3 rings (SSSR count). The first-order chi connectivity index (χ1) is 11.7. The summed E-state index contributed by atoms with van der Waals surface area (Å²) in [7, 11) is 0. The van der Waals surface area contributed by atoms with Crippen LogP contribution in [0.25, 0.3) is 10.9 Å². The molecular formula is C19H18ClN3O. The number of anilines is 1. The van der Waals surface area contributed by atoms with Crippen molar-refractivity contribution in [1.82, 2.24) is 4.98 Å². The molecule has 122 valence electrons. The van der Waals surface area contributed by atoms with Crippen LogP contribution in [-0.2, 0) is 0 Å². The summed E-state index contributed by atoms with van der Waals surface area (Å²) < 4.78 is 5.58. The van der Waals surface area contributed by atoms with Crippen molar-refractivity contribution in [3.05, 3.63) is 64.8 Å². The largest absolute Gasteiger partial charge is 0.494 e. The summed E-state index contributed by atoms with van der Waals surface area (Å²) in [6, 6.07) is 15.4. The van der Waals surface area contributed by atoms with E-state index in [9.17, 15) is 0 Å². The van der Waals surface area contributed by atoms with Gasteiger partial charge >= 0.3 is 0 Å². The zero-order valence-electron chi connectivity index (χ0n) is 13.6. The van der Waals surface area contributed by atoms with Gasteiger partial charge in [-0.1, -0.05) is 29.8 Å². The van der Waals surface area contributed by atoms with Crippen molar-refractivity contribution in [2.75, 3.05) is 12.0 Å². The van der Waals surface area contributed by atoms with Crippen molar-refractivity contribution in [3.8, 4) is 5.75 Å². The molecule has 2 aromatic carbocycles. The number of benzene rings is 2. The minimum Gasteiger partial charge on any atom is -0.494 e. The van der Waals surface area contributed by atoms with Gasteiger partial charge in [0.25, 0.3) is 0 Å². The molecule has 4 nitrogen and oxygen atoms in total. The van der Waals surface area contributed by atoms with E-state index in [0.717, 1.165) is 33.6 Å². The highest BCUT2D eigenvalue weighted by Crippen LogP contribution is 2.27. The number of hydrogen-bond donors (Lipinski definition) is 1. The maximum Gasteiger partial charge on any atom is 0.120 e. The standard InChI is InChI=1S/C19H18ClN3O/c1-3-24-15-8-9-18-16(11-15)19(10-13(2)22-18)23-21-12-14-6-4-5-7-17(14)20/h4-12H,3H2,1-2H3,(H,22,23)/b21-12+. The Morgan fingerprint density at radius 3 is 2.83 bits per heavy atom. The first-order valence-corrected chi connectivity index (χ1v) is 8.13. The van der Waals surface area contributed by atoms with E-state index in [1.54, 1.807) is 6.21 Å². The van der Waals surface area contributed by atoms with Gasteiger partial charge in [-0.25, -0.2) is 0 Å². The molecule has 0 radical (unpaired) electrons. The number of nitrogens with one attached hydrogen (secondary N) is 1. The van der Waals surface area contributed by atoms with Gasteiger partial charge < -0.3 is 4.74 Å². The van der Waals surface area contributed by atoms with E-state index >= 15 is 0 Å². The van der Waals surface area contributed by atoms with Crippen LogP contribution >= 0.6 is 11.6 Å². The van der Waals surface area contributed by atoms with E-state index in [1.165, 1.54) is 0 Å². The zero-order chi connectivity index (χ0) is 16.9. The van der Waals surface area contributed by atoms with Gasteiger partial charge in [-0.2, -0.15) is 5.10 Å². The first kappa shape index (κ1) is 16.3. The number of hydrazone groups is 1. The molecule has 0 spiro atoms. The molecule has 1 aromatic heterocycles. The predicted molar refractivity (Wildman–Crippen MR) is 100 cm³/mol. The average Bonchev–Trinajstić information content (AvgIpc) is 2.57. The molecular weight excluding hydrogens is 322 g/mol. The van der Waals surface area contributed by atoms with Crippen molar-refractivity contribution in [2.45, 2.75) is 13.8 Å². The Bertz CT molecular complexity index is 893. The topological polar surface area (TPSA) is 46.5 Å². The lowest BCUT2D eigenvalue weighted by molar-refractivity contribution is 0.340. The predicted octanol–water partition coefficient (Wildman–Crippen LogP) is 5.04. The molecule has 3 aromatic rings. The van der Waals surface area contributed by atoms with Gasteiger partial charge in [-0.15, -0.1) is 0 Å². The molecule has 0 atom stereocenters. The van der Waals surface area contributed by atoms with Crippen LogP contribution in [-0.4, -0.2) is 17.8 Å². The normalized spacial score (nSPS) is 11.1. The van der Waals surface area contributed by atoms with Crippen molar-refractivity contribution in [3.63, 3.8) is 0 Å². The molecule has 0 aliphatic rings. The van der Waals surface area contributed by atoms with Crippen molar-refractivity contribution < 1.29 is 4.74 Å². The van der Waals surface area contributed by atoms with Crippen molar-refractivity contribution in [1.29, 1.82) is 0 Å². The molecule has 0 aliphatic heterocycles. The number of pyridine rings is 1. The lowest BCUT2D eigenvalue weighted by atomic mass is 10.1. The summed E-state index contributed by atoms with van der Waals surface area (Å²) in [4.78, 5) is 4.55. The van der Waals surface area contributed by atoms with Gasteiger partial charge in [0.15, 0.2) is 0 Å². The fraction of sp³-hybridized carbons (Fsp3) is 0.158. The second-order valence-electron chi connectivity index (χ2n) is 5.31. The van der Waals surface area contributed by atoms with Gasteiger partial charge in [-0.3, -0.25) is 10.4 Å². The third-order valence-corrected chi connectivity index (χ3v) is 3.86. The van der Waals surface area contributed by atoms with Crippen LogP contribution in [0, 0.1) is 6.92 Å². The monoisotopic (exact) mass is 339 g/mol. The number of halogens is 1. The summed E-state index contributed by atoms with van der Waals surface area (Å²) in [5.74, 6) is 0.814. The summed E-state index contributed by atoms with van der Waals surface area (Å²) >= 11 is 6.14. The number of aromatic nitrogens is 1. The van der Waals surface area contributed by atoms with Crippen LogP contribution in [0.5, 0.6) is 5.75 Å². The zero-order valence-corrected chi connectivity index (χ0v) is 14.3. The Kier molecular flexibility index (Phi) is 4.96. The lowest BCUT2D eigenvalue weighted by Crippen LogP contribution is -1.96. The highest BCUT2D eigenvalue weighted by molar-refractivity contribution is 6.33. The van der Waals surface area contributed by atoms with Crippen LogP contribution < -0.4 is 10.2 Å². The van der Waals surface area contributed by atoms with Gasteiger partial charge in [0.05, 0.1) is 24.0 Å². The third-order valence-electron chi connectivity index (χ3n) is 3.51. The number of nitrogens with zero attached hydrogens (tertiary/aromatic N) is 2. The number of ether oxygens (including phenoxy) is 1. The summed E-state index contributed by atoms with van der Waals surface area (Å²) in [5.41, 5.74) is 6.64. The van der Waals surface area contributed by atoms with E-state index in [-0.39, 0.29) is 0 Å². The fourth-order valence-corrected chi connectivity index (χ4v) is 2.62. The average molecular weight is 340 g/mol. The number of rotatable bonds is 5. The van der Waals surface area contributed by atoms with E-state index in [2.05, 4.69) is 15.5 Å². The second-order valence-corrected chi connectivity index (χ2v) is 5.72. The molecule has 0 unspecified atom stereocenters. The van der Waals surface area contributed by atoms with Crippen LogP contribution in [0.15, 0.2) is 53.6 Å². The molecule has 0 saturated carbocycles. The van der Waals surface area contributed by atoms with Gasteiger partial charge in [0, 0.05) is 21.7 Å². The molecule has 24 heavy (non-hydrogen) atoms. The summed E-state index contributed by atoms with van der Waals surface area (Å²) in [5, 5.41) is 5.94. The Labute approximate surface area is 146 Å². The van der Waals surface area contributed by atoms with Crippen LogP contribution in [0.4, 0.5) is 5.69 Å². The molecule has 0 aliphatic carbocycles. The highest BCUT2D eigenvalue weighted by atomic mass is 35.5. The SMILES string of the molecule is CCOc1ccc2nc(C)cc(N/N=C/c3ccccc3Cl)c2c1. The molecule has 5 heteroatoms. The van der Waals surface area contributed by atoms with E-state index in [0.29, 0.717) is 11.6 Å². The van der Waals surface area contributed by atoms with Gasteiger partial charge in [-0.05, 0) is 44.2 Å². The van der Waals surface area contributed by atoms with Gasteiger partial charge in [0.1, 0.15) is 5.75 Å². The maximum atomic E-state index is 6.14. The van der Waals surface area contributed by atoms with Crippen LogP contribution in [0.2, 0.25) is 5.02 Å². The lowest BCUT2D eigenvalue weighted by Gasteiger charge is -2.09. The van der Waals surface area contributed by atoms with Crippen LogP contribution in [0.1, 0.15) is 18.2 Å². The second kappa shape index (κ2) is 7.32. The molecule has 0 fully saturated rings. The Morgan fingerprint density at radius 2 is 2.04 bits per heavy atom. The minimum absolute atomic E-state index is 0.623. The van der Waals surface area contributed by atoms with E-state index in [1.807, 2.05) is 62.4 Å². The fourth-order valence-electron chi connectivity index (χ4n) is 2.44. The molecule has 1 N–H and O–H groups in total. The Balaban J connectivity index is 1.93. The highest BCUT2D eigenvalue weighted by Gasteiger charge is 2.05. The maximum absolute atomic E-state index is 6.14. The quantitative estimate of drug-likeness (QED) is 0.523. The number of aryl methyl sites for hydroxylation is 1. The molecule has 0 bridgehead atoms. The van der Waals surface area contributed by atoms with Crippen molar-refractivity contribution in [2.24, 2.45) is 5.10 Å². The Morgan fingerprint density at radius 1 is 1.21 bits per heavy atom. The molecule has 1 heterocycles. The number of fused-ring (bicyclic) bond motifs is 1. The Hall–Kier alpha value is -2.59.